The molecule has 0 bridgehead atoms. The van der Waals surface area contributed by atoms with E-state index in [0.717, 1.165) is 19.4 Å². The summed E-state index contributed by atoms with van der Waals surface area (Å²) in [5.41, 5.74) is 0. The van der Waals surface area contributed by atoms with Crippen molar-refractivity contribution in [3.8, 4) is 0 Å². The lowest BCUT2D eigenvalue weighted by Gasteiger charge is -2.22. The Balaban J connectivity index is 2.46. The summed E-state index contributed by atoms with van der Waals surface area (Å²) in [4.78, 5) is 12.0. The van der Waals surface area contributed by atoms with Crippen molar-refractivity contribution in [3.63, 3.8) is 0 Å². The zero-order valence-electron chi connectivity index (χ0n) is 10.3. The molecule has 0 saturated carbocycles. The third-order valence-corrected chi connectivity index (χ3v) is 3.49. The van der Waals surface area contributed by atoms with Crippen LogP contribution < -0.4 is 10.6 Å². The second-order valence-corrected chi connectivity index (χ2v) is 4.91. The third kappa shape index (κ3) is 3.20. The van der Waals surface area contributed by atoms with Crippen LogP contribution >= 0.6 is 0 Å². The van der Waals surface area contributed by atoms with Crippen LogP contribution in [0, 0.1) is 11.8 Å². The van der Waals surface area contributed by atoms with Crippen LogP contribution in [-0.2, 0) is 4.79 Å². The molecule has 88 valence electrons. The SMILES string of the molecule is CCC1NCCC1C(=O)NC(C)C(C)C. The molecule has 0 radical (unpaired) electrons. The Kier molecular flexibility index (Phi) is 4.58. The number of carbonyl (C=O) groups excluding carboxylic acids is 1. The molecule has 1 saturated heterocycles. The Hall–Kier alpha value is -0.570. The highest BCUT2D eigenvalue weighted by molar-refractivity contribution is 5.80. The van der Waals surface area contributed by atoms with E-state index in [4.69, 9.17) is 0 Å². The Labute approximate surface area is 93.0 Å². The standard InChI is InChI=1S/C12H24N2O/c1-5-11-10(6-7-13-11)12(15)14-9(4)8(2)3/h8-11,13H,5-7H2,1-4H3,(H,14,15). The van der Waals surface area contributed by atoms with E-state index in [1.807, 2.05) is 0 Å². The maximum absolute atomic E-state index is 12.0. The molecule has 1 amide bonds. The molecule has 0 aromatic heterocycles. The molecule has 3 nitrogen and oxygen atoms in total. The fourth-order valence-electron chi connectivity index (χ4n) is 2.01. The quantitative estimate of drug-likeness (QED) is 0.742. The van der Waals surface area contributed by atoms with Gasteiger partial charge in [-0.2, -0.15) is 0 Å². The number of carbonyl (C=O) groups is 1. The van der Waals surface area contributed by atoms with Crippen molar-refractivity contribution in [1.29, 1.82) is 0 Å². The normalized spacial score (nSPS) is 28.1. The van der Waals surface area contributed by atoms with Crippen LogP contribution in [0.3, 0.4) is 0 Å². The number of amides is 1. The maximum atomic E-state index is 12.0. The van der Waals surface area contributed by atoms with Crippen molar-refractivity contribution in [2.45, 2.75) is 52.6 Å². The van der Waals surface area contributed by atoms with Crippen molar-refractivity contribution in [3.05, 3.63) is 0 Å². The second-order valence-electron chi connectivity index (χ2n) is 4.91. The average molecular weight is 212 g/mol. The van der Waals surface area contributed by atoms with Crippen LogP contribution in [0.2, 0.25) is 0 Å². The minimum atomic E-state index is 0.177. The molecular weight excluding hydrogens is 188 g/mol. The summed E-state index contributed by atoms with van der Waals surface area (Å²) in [6, 6.07) is 0.653. The molecule has 3 heteroatoms. The summed E-state index contributed by atoms with van der Waals surface area (Å²) in [7, 11) is 0. The van der Waals surface area contributed by atoms with Crippen molar-refractivity contribution < 1.29 is 4.79 Å². The Bertz CT molecular complexity index is 216. The van der Waals surface area contributed by atoms with E-state index in [2.05, 4.69) is 38.3 Å². The zero-order valence-corrected chi connectivity index (χ0v) is 10.3. The molecule has 3 unspecified atom stereocenters. The van der Waals surface area contributed by atoms with Crippen LogP contribution in [0.4, 0.5) is 0 Å². The van der Waals surface area contributed by atoms with Gasteiger partial charge in [-0.05, 0) is 32.2 Å². The summed E-state index contributed by atoms with van der Waals surface area (Å²) in [5, 5.41) is 6.49. The minimum absolute atomic E-state index is 0.177. The van der Waals surface area contributed by atoms with Crippen molar-refractivity contribution in [2.75, 3.05) is 6.54 Å². The van der Waals surface area contributed by atoms with Crippen LogP contribution in [0.1, 0.15) is 40.5 Å². The highest BCUT2D eigenvalue weighted by Gasteiger charge is 2.31. The molecule has 1 fully saturated rings. The van der Waals surface area contributed by atoms with Crippen LogP contribution in [0.5, 0.6) is 0 Å². The first-order valence-corrected chi connectivity index (χ1v) is 6.10. The molecule has 15 heavy (non-hydrogen) atoms. The lowest BCUT2D eigenvalue weighted by atomic mass is 9.96. The van der Waals surface area contributed by atoms with Gasteiger partial charge in [0.15, 0.2) is 0 Å². The van der Waals surface area contributed by atoms with Gasteiger partial charge in [-0.3, -0.25) is 4.79 Å². The predicted molar refractivity (Wildman–Crippen MR) is 62.6 cm³/mol. The smallest absolute Gasteiger partial charge is 0.224 e. The van der Waals surface area contributed by atoms with Crippen molar-refractivity contribution in [2.24, 2.45) is 11.8 Å². The van der Waals surface area contributed by atoms with Crippen LogP contribution in [-0.4, -0.2) is 24.5 Å². The largest absolute Gasteiger partial charge is 0.353 e. The molecule has 0 aromatic carbocycles. The molecule has 0 spiro atoms. The van der Waals surface area contributed by atoms with Gasteiger partial charge in [0.05, 0.1) is 5.92 Å². The maximum Gasteiger partial charge on any atom is 0.224 e. The Morgan fingerprint density at radius 3 is 2.67 bits per heavy atom. The summed E-state index contributed by atoms with van der Waals surface area (Å²) >= 11 is 0. The molecule has 1 rings (SSSR count). The highest BCUT2D eigenvalue weighted by Crippen LogP contribution is 2.18. The van der Waals surface area contributed by atoms with Gasteiger partial charge in [0, 0.05) is 12.1 Å². The van der Waals surface area contributed by atoms with Gasteiger partial charge in [0.1, 0.15) is 0 Å². The van der Waals surface area contributed by atoms with Gasteiger partial charge >= 0.3 is 0 Å². The molecular formula is C12H24N2O. The van der Waals surface area contributed by atoms with Crippen LogP contribution in [0.25, 0.3) is 0 Å². The first-order valence-electron chi connectivity index (χ1n) is 6.10. The summed E-state index contributed by atoms with van der Waals surface area (Å²) in [6.07, 6.45) is 2.02. The van der Waals surface area contributed by atoms with Gasteiger partial charge in [0.25, 0.3) is 0 Å². The molecule has 1 aliphatic rings. The monoisotopic (exact) mass is 212 g/mol. The van der Waals surface area contributed by atoms with E-state index in [-0.39, 0.29) is 17.9 Å². The molecule has 3 atom stereocenters. The van der Waals surface area contributed by atoms with Gasteiger partial charge in [-0.1, -0.05) is 20.8 Å². The topological polar surface area (TPSA) is 41.1 Å². The number of hydrogen-bond acceptors (Lipinski definition) is 2. The fraction of sp³-hybridized carbons (Fsp3) is 0.917. The molecule has 1 aliphatic heterocycles. The Morgan fingerprint density at radius 1 is 1.47 bits per heavy atom. The molecule has 1 heterocycles. The first-order chi connectivity index (χ1) is 7.06. The van der Waals surface area contributed by atoms with Crippen molar-refractivity contribution in [1.82, 2.24) is 10.6 Å². The van der Waals surface area contributed by atoms with E-state index in [0.29, 0.717) is 12.0 Å². The van der Waals surface area contributed by atoms with E-state index in [1.165, 1.54) is 0 Å². The summed E-state index contributed by atoms with van der Waals surface area (Å²) < 4.78 is 0. The third-order valence-electron chi connectivity index (χ3n) is 3.49. The second kappa shape index (κ2) is 5.50. The molecule has 0 aromatic rings. The highest BCUT2D eigenvalue weighted by atomic mass is 16.2. The number of nitrogens with one attached hydrogen (secondary N) is 2. The predicted octanol–water partition coefficient (Wildman–Crippen LogP) is 1.54. The lowest BCUT2D eigenvalue weighted by Crippen LogP contribution is -2.43. The van der Waals surface area contributed by atoms with Crippen LogP contribution in [0.15, 0.2) is 0 Å². The summed E-state index contributed by atoms with van der Waals surface area (Å²) in [5.74, 6) is 0.910. The van der Waals surface area contributed by atoms with Gasteiger partial charge in [-0.25, -0.2) is 0 Å². The number of rotatable bonds is 4. The van der Waals surface area contributed by atoms with E-state index >= 15 is 0 Å². The fourth-order valence-corrected chi connectivity index (χ4v) is 2.01. The van der Waals surface area contributed by atoms with Gasteiger partial charge in [0.2, 0.25) is 5.91 Å². The number of hydrogen-bond donors (Lipinski definition) is 2. The minimum Gasteiger partial charge on any atom is -0.353 e. The lowest BCUT2D eigenvalue weighted by molar-refractivity contribution is -0.126. The van der Waals surface area contributed by atoms with Crippen molar-refractivity contribution >= 4 is 5.91 Å². The molecule has 0 aliphatic carbocycles. The Morgan fingerprint density at radius 2 is 2.13 bits per heavy atom. The van der Waals surface area contributed by atoms with E-state index in [9.17, 15) is 4.79 Å². The first kappa shape index (κ1) is 12.5. The average Bonchev–Trinajstić information content (AvgIpc) is 2.64. The van der Waals surface area contributed by atoms with Gasteiger partial charge in [-0.15, -0.1) is 0 Å². The summed E-state index contributed by atoms with van der Waals surface area (Å²) in [6.45, 7) is 9.46. The van der Waals surface area contributed by atoms with Gasteiger partial charge < -0.3 is 10.6 Å². The molecule has 2 N–H and O–H groups in total. The van der Waals surface area contributed by atoms with E-state index in [1.54, 1.807) is 0 Å². The van der Waals surface area contributed by atoms with E-state index < -0.39 is 0 Å². The zero-order chi connectivity index (χ0) is 11.4.